The molecule has 0 spiro atoms. The van der Waals surface area contributed by atoms with Crippen molar-refractivity contribution in [3.05, 3.63) is 231 Å². The van der Waals surface area contributed by atoms with Gasteiger partial charge in [-0.3, -0.25) is 0 Å². The van der Waals surface area contributed by atoms with Crippen LogP contribution < -0.4 is 9.47 Å². The molecule has 14 aromatic rings. The number of fused-ring (bicyclic) bond motifs is 6. The van der Waals surface area contributed by atoms with Crippen LogP contribution in [0.4, 0.5) is 0 Å². The maximum absolute atomic E-state index is 6.66. The summed E-state index contributed by atoms with van der Waals surface area (Å²) in [6.07, 6.45) is 0. The summed E-state index contributed by atoms with van der Waals surface area (Å²) in [5, 5.41) is 17.0. The van der Waals surface area contributed by atoms with Crippen LogP contribution in [-0.2, 0) is 0 Å². The molecule has 0 unspecified atom stereocenters. The number of rotatable bonds is 4. The van der Waals surface area contributed by atoms with Crippen molar-refractivity contribution in [2.24, 2.45) is 0 Å². The Morgan fingerprint density at radius 2 is 0.571 bits per heavy atom. The molecule has 0 fully saturated rings. The van der Waals surface area contributed by atoms with Gasteiger partial charge in [-0.05, 0) is 169 Å². The number of ether oxygens (including phenoxy) is 2. The summed E-state index contributed by atoms with van der Waals surface area (Å²) in [6.45, 7) is 0. The van der Waals surface area contributed by atoms with Crippen molar-refractivity contribution in [3.63, 3.8) is 0 Å². The molecule has 16 rings (SSSR count). The van der Waals surface area contributed by atoms with E-state index < -0.39 is 0 Å². The highest BCUT2D eigenvalue weighted by Crippen LogP contribution is 2.54. The zero-order valence-corrected chi connectivity index (χ0v) is 37.8. The normalized spacial score (nSPS) is 12.5. The average molecular weight is 887 g/mol. The average Bonchev–Trinajstić information content (AvgIpc) is 3.42. The lowest BCUT2D eigenvalue weighted by molar-refractivity contribution is 0.487. The lowest BCUT2D eigenvalue weighted by Crippen LogP contribution is -1.99. The molecule has 0 N–H and O–H groups in total. The van der Waals surface area contributed by atoms with Gasteiger partial charge in [-0.25, -0.2) is 0 Å². The van der Waals surface area contributed by atoms with Crippen LogP contribution in [0.1, 0.15) is 0 Å². The van der Waals surface area contributed by atoms with Gasteiger partial charge < -0.3 is 9.47 Å². The van der Waals surface area contributed by atoms with Gasteiger partial charge in [0.05, 0.1) is 0 Å². The Morgan fingerprint density at radius 3 is 1.04 bits per heavy atom. The Kier molecular flexibility index (Phi) is 7.64. The zero-order chi connectivity index (χ0) is 45.6. The Hall–Kier alpha value is -9.24. The second kappa shape index (κ2) is 14.1. The van der Waals surface area contributed by atoms with Crippen LogP contribution in [0.2, 0.25) is 0 Å². The van der Waals surface area contributed by atoms with Gasteiger partial charge in [0.2, 0.25) is 0 Å². The first-order valence-corrected chi connectivity index (χ1v) is 24.1. The Morgan fingerprint density at radius 1 is 0.186 bits per heavy atom. The molecule has 0 aliphatic carbocycles. The van der Waals surface area contributed by atoms with Gasteiger partial charge in [0, 0.05) is 21.9 Å². The molecule has 2 aliphatic rings. The van der Waals surface area contributed by atoms with Crippen molar-refractivity contribution in [2.75, 3.05) is 0 Å². The zero-order valence-electron chi connectivity index (χ0n) is 37.8. The molecule has 0 saturated heterocycles. The van der Waals surface area contributed by atoms with Gasteiger partial charge in [0.1, 0.15) is 23.0 Å². The largest absolute Gasteiger partial charge is 0.456 e. The van der Waals surface area contributed by atoms with E-state index in [-0.39, 0.29) is 0 Å². The van der Waals surface area contributed by atoms with Crippen LogP contribution in [0.15, 0.2) is 231 Å². The van der Waals surface area contributed by atoms with Crippen LogP contribution >= 0.6 is 0 Å². The number of hydrogen-bond acceptors (Lipinski definition) is 2. The minimum atomic E-state index is 0.889. The molecule has 0 amide bonds. The highest BCUT2D eigenvalue weighted by Gasteiger charge is 2.27. The first-order valence-electron chi connectivity index (χ1n) is 24.1. The Balaban J connectivity index is 1.05. The molecule has 2 heteroatoms. The van der Waals surface area contributed by atoms with Gasteiger partial charge in [0.25, 0.3) is 0 Å². The van der Waals surface area contributed by atoms with Crippen molar-refractivity contribution in [2.45, 2.75) is 0 Å². The van der Waals surface area contributed by atoms with Crippen molar-refractivity contribution >= 4 is 75.4 Å². The standard InChI is InChI=1S/C68H38O2/c1-3-13-41-35-43(25-23-39(41)11-1)57-37-59(45-31-33-63-65-49(45)17-9-19-51(65)47-15-5-7-21-61(47)69-63)55-30-28-54-58(44-26-24-40-12-2-4-14-42(40)36-44)38-60(56-29-27-53(57)67(55)68(54)56)46-32-34-64-66-50(46)18-10-20-52(66)48-16-6-8-22-62(48)70-64/h1-38H. The van der Waals surface area contributed by atoms with E-state index in [2.05, 4.69) is 218 Å². The molecular weight excluding hydrogens is 849 g/mol. The molecule has 0 aromatic heterocycles. The van der Waals surface area contributed by atoms with Crippen LogP contribution in [0.3, 0.4) is 0 Å². The fourth-order valence-corrected chi connectivity index (χ4v) is 12.3. The van der Waals surface area contributed by atoms with Gasteiger partial charge >= 0.3 is 0 Å². The van der Waals surface area contributed by atoms with Gasteiger partial charge in [-0.15, -0.1) is 0 Å². The Bertz CT molecular complexity index is 4300. The van der Waals surface area contributed by atoms with Crippen molar-refractivity contribution in [3.8, 4) is 89.8 Å². The van der Waals surface area contributed by atoms with E-state index >= 15 is 0 Å². The third-order valence-corrected chi connectivity index (χ3v) is 15.4. The molecule has 2 heterocycles. The van der Waals surface area contributed by atoms with Gasteiger partial charge in [-0.1, -0.05) is 182 Å². The molecule has 14 aromatic carbocycles. The van der Waals surface area contributed by atoms with Crippen LogP contribution in [0, 0.1) is 0 Å². The summed E-state index contributed by atoms with van der Waals surface area (Å²) >= 11 is 0. The summed E-state index contributed by atoms with van der Waals surface area (Å²) in [6, 6.07) is 85.0. The molecular formula is C68H38O2. The molecule has 70 heavy (non-hydrogen) atoms. The van der Waals surface area contributed by atoms with Crippen molar-refractivity contribution in [1.29, 1.82) is 0 Å². The summed E-state index contributed by atoms with van der Waals surface area (Å²) in [7, 11) is 0. The van der Waals surface area contributed by atoms with Crippen LogP contribution in [0.25, 0.3) is 142 Å². The highest BCUT2D eigenvalue weighted by atomic mass is 16.5. The summed E-state index contributed by atoms with van der Waals surface area (Å²) in [5.41, 5.74) is 14.2. The van der Waals surface area contributed by atoms with E-state index in [4.69, 9.17) is 9.47 Å². The maximum Gasteiger partial charge on any atom is 0.135 e. The quantitative estimate of drug-likeness (QED) is 0.164. The predicted octanol–water partition coefficient (Wildman–Crippen LogP) is 19.4. The molecule has 2 aliphatic heterocycles. The summed E-state index contributed by atoms with van der Waals surface area (Å²) in [5.74, 6) is 3.56. The SMILES string of the molecule is c1ccc2c(c1)Oc1ccc(-c3cc(-c4ccc5ccccc5c4)c4ccc5c(-c6ccc7c8c(cccc68)-c6ccccc6O7)cc(-c6ccc7ccccc7c6)c6ccc3c4c65)c3cccc-2c13. The third kappa shape index (κ3) is 5.28. The smallest absolute Gasteiger partial charge is 0.135 e. The van der Waals surface area contributed by atoms with Crippen LogP contribution in [-0.4, -0.2) is 0 Å². The van der Waals surface area contributed by atoms with E-state index in [1.807, 2.05) is 12.1 Å². The highest BCUT2D eigenvalue weighted by molar-refractivity contribution is 6.33. The Labute approximate surface area is 403 Å². The monoisotopic (exact) mass is 886 g/mol. The first kappa shape index (κ1) is 37.8. The molecule has 0 radical (unpaired) electrons. The number of para-hydroxylation sites is 2. The fourth-order valence-electron chi connectivity index (χ4n) is 12.3. The van der Waals surface area contributed by atoms with E-state index in [0.717, 1.165) is 44.9 Å². The first-order chi connectivity index (χ1) is 34.7. The topological polar surface area (TPSA) is 18.5 Å². The molecule has 2 nitrogen and oxygen atoms in total. The molecule has 0 bridgehead atoms. The second-order valence-corrected chi connectivity index (χ2v) is 19.0. The minimum absolute atomic E-state index is 0.889. The molecule has 0 atom stereocenters. The van der Waals surface area contributed by atoms with E-state index in [0.29, 0.717) is 0 Å². The van der Waals surface area contributed by atoms with Crippen molar-refractivity contribution < 1.29 is 9.47 Å². The lowest BCUT2D eigenvalue weighted by Gasteiger charge is -2.25. The molecule has 322 valence electrons. The predicted molar refractivity (Wildman–Crippen MR) is 293 cm³/mol. The number of hydrogen-bond donors (Lipinski definition) is 0. The summed E-state index contributed by atoms with van der Waals surface area (Å²) in [4.78, 5) is 0. The van der Waals surface area contributed by atoms with E-state index in [1.54, 1.807) is 0 Å². The second-order valence-electron chi connectivity index (χ2n) is 19.0. The minimum Gasteiger partial charge on any atom is -0.456 e. The maximum atomic E-state index is 6.66. The lowest BCUT2D eigenvalue weighted by atomic mass is 9.80. The summed E-state index contributed by atoms with van der Waals surface area (Å²) < 4.78 is 13.3. The van der Waals surface area contributed by atoms with E-state index in [9.17, 15) is 0 Å². The number of benzene rings is 14. The molecule has 0 saturated carbocycles. The van der Waals surface area contributed by atoms with E-state index in [1.165, 1.54) is 120 Å². The van der Waals surface area contributed by atoms with Crippen molar-refractivity contribution in [1.82, 2.24) is 0 Å². The van der Waals surface area contributed by atoms with Crippen LogP contribution in [0.5, 0.6) is 23.0 Å². The van der Waals surface area contributed by atoms with Gasteiger partial charge in [0.15, 0.2) is 0 Å². The van der Waals surface area contributed by atoms with Gasteiger partial charge in [-0.2, -0.15) is 0 Å². The third-order valence-electron chi connectivity index (χ3n) is 15.4. The fraction of sp³-hybridized carbons (Fsp3) is 0.